The molecule has 1 aliphatic heterocycles. The number of ketones is 1. The zero-order chi connectivity index (χ0) is 38.6. The number of benzene rings is 1. The molecule has 14 heteroatoms. The van der Waals surface area contributed by atoms with Crippen molar-refractivity contribution in [3.63, 3.8) is 0 Å². The van der Waals surface area contributed by atoms with E-state index in [1.54, 1.807) is 92.9 Å². The lowest BCUT2D eigenvalue weighted by atomic mass is 9.85. The lowest BCUT2D eigenvalue weighted by molar-refractivity contribution is -0.145. The van der Waals surface area contributed by atoms with Gasteiger partial charge in [-0.2, -0.15) is 0 Å². The van der Waals surface area contributed by atoms with Crippen molar-refractivity contribution in [3.05, 3.63) is 35.9 Å². The average molecular weight is 713 g/mol. The molecule has 2 unspecified atom stereocenters. The maximum absolute atomic E-state index is 14.1. The first kappa shape index (κ1) is 40.9. The number of carbonyl (C=O) groups excluding carboxylic acids is 7. The van der Waals surface area contributed by atoms with E-state index < -0.39 is 77.2 Å². The Labute approximate surface area is 301 Å². The van der Waals surface area contributed by atoms with Crippen molar-refractivity contribution in [2.45, 2.75) is 105 Å². The molecule has 0 radical (unpaired) electrons. The van der Waals surface area contributed by atoms with Crippen molar-refractivity contribution in [2.75, 3.05) is 27.2 Å². The molecule has 282 valence electrons. The van der Waals surface area contributed by atoms with Gasteiger partial charge < -0.3 is 35.8 Å². The van der Waals surface area contributed by atoms with Crippen molar-refractivity contribution < 1.29 is 38.3 Å². The first-order chi connectivity index (χ1) is 23.5. The van der Waals surface area contributed by atoms with Gasteiger partial charge >= 0.3 is 6.09 Å². The van der Waals surface area contributed by atoms with E-state index in [1.165, 1.54) is 9.80 Å². The van der Waals surface area contributed by atoms with E-state index >= 15 is 0 Å². The van der Waals surface area contributed by atoms with Crippen LogP contribution in [0.25, 0.3) is 0 Å². The normalized spacial score (nSPS) is 20.8. The third kappa shape index (κ3) is 10.1. The molecule has 2 fully saturated rings. The smallest absolute Gasteiger partial charge is 0.408 e. The monoisotopic (exact) mass is 712 g/mol. The van der Waals surface area contributed by atoms with Crippen LogP contribution < -0.4 is 21.3 Å². The number of alkyl carbamates (subject to hydrolysis) is 1. The van der Waals surface area contributed by atoms with Gasteiger partial charge in [0, 0.05) is 20.6 Å². The number of carbonyl (C=O) groups is 7. The van der Waals surface area contributed by atoms with Crippen LogP contribution in [0, 0.1) is 22.7 Å². The van der Waals surface area contributed by atoms with Gasteiger partial charge in [0.25, 0.3) is 5.91 Å². The van der Waals surface area contributed by atoms with Gasteiger partial charge in [0.1, 0.15) is 23.7 Å². The van der Waals surface area contributed by atoms with Gasteiger partial charge in [0.05, 0.1) is 12.6 Å². The van der Waals surface area contributed by atoms with Crippen LogP contribution in [0.4, 0.5) is 4.79 Å². The number of hydrogen-bond donors (Lipinski definition) is 4. The summed E-state index contributed by atoms with van der Waals surface area (Å²) in [4.78, 5) is 95.7. The standard InChI is InChI=1S/C37H56N6O8/c1-12-16-23(28(45)31(47)38-19-24(44)40-26(32(48)42(10)11)21-17-14-13-15-18-21)39-30(46)27-25-22(37(25,8)9)20-43(27)33(49)29(35(2,3)4)41-34(50)51-36(5,6)7/h13-15,17-18,22-23,25-27,29H,12,16,19-20H2,1-11H3,(H,38,47)(H,39,46)(H,40,44)(H,41,50)/t22?,23?,25-,26-,27-,29+/m0/s1. The van der Waals surface area contributed by atoms with Gasteiger partial charge in [0.15, 0.2) is 0 Å². The number of nitrogens with one attached hydrogen (secondary N) is 4. The summed E-state index contributed by atoms with van der Waals surface area (Å²) < 4.78 is 5.42. The van der Waals surface area contributed by atoms with Gasteiger partial charge in [-0.1, -0.05) is 78.3 Å². The first-order valence-corrected chi connectivity index (χ1v) is 17.5. The molecule has 2 aliphatic rings. The van der Waals surface area contributed by atoms with Crippen molar-refractivity contribution in [1.82, 2.24) is 31.1 Å². The molecule has 1 saturated carbocycles. The van der Waals surface area contributed by atoms with Gasteiger partial charge in [-0.25, -0.2) is 4.79 Å². The molecule has 6 amide bonds. The molecule has 1 aromatic rings. The zero-order valence-corrected chi connectivity index (χ0v) is 31.8. The van der Waals surface area contributed by atoms with E-state index in [2.05, 4.69) is 21.3 Å². The number of rotatable bonds is 13. The van der Waals surface area contributed by atoms with E-state index in [9.17, 15) is 33.6 Å². The van der Waals surface area contributed by atoms with Crippen LogP contribution in [0.1, 0.15) is 86.8 Å². The number of ether oxygens (including phenoxy) is 1. The summed E-state index contributed by atoms with van der Waals surface area (Å²) in [6.45, 7) is 16.1. The summed E-state index contributed by atoms with van der Waals surface area (Å²) in [7, 11) is 3.12. The molecule has 0 spiro atoms. The fourth-order valence-electron chi connectivity index (χ4n) is 6.68. The highest BCUT2D eigenvalue weighted by molar-refractivity contribution is 6.38. The molecule has 6 atom stereocenters. The minimum Gasteiger partial charge on any atom is -0.444 e. The zero-order valence-electron chi connectivity index (χ0n) is 31.8. The van der Waals surface area contributed by atoms with E-state index in [1.807, 2.05) is 13.8 Å². The number of hydrogen-bond acceptors (Lipinski definition) is 8. The van der Waals surface area contributed by atoms with Gasteiger partial charge in [-0.05, 0) is 55.4 Å². The first-order valence-electron chi connectivity index (χ1n) is 17.5. The topological polar surface area (TPSA) is 183 Å². The third-order valence-corrected chi connectivity index (χ3v) is 9.50. The second-order valence-corrected chi connectivity index (χ2v) is 16.4. The van der Waals surface area contributed by atoms with Crippen LogP contribution in [0.3, 0.4) is 0 Å². The predicted octanol–water partition coefficient (Wildman–Crippen LogP) is 2.32. The van der Waals surface area contributed by atoms with Crippen LogP contribution in [0.2, 0.25) is 0 Å². The molecule has 51 heavy (non-hydrogen) atoms. The Hall–Kier alpha value is -4.49. The van der Waals surface area contributed by atoms with Crippen molar-refractivity contribution in [3.8, 4) is 0 Å². The van der Waals surface area contributed by atoms with Crippen molar-refractivity contribution in [1.29, 1.82) is 0 Å². The van der Waals surface area contributed by atoms with E-state index in [0.29, 0.717) is 18.5 Å². The number of piperidine rings is 1. The van der Waals surface area contributed by atoms with Gasteiger partial charge in [0.2, 0.25) is 29.4 Å². The fourth-order valence-corrected chi connectivity index (χ4v) is 6.68. The summed E-state index contributed by atoms with van der Waals surface area (Å²) in [6, 6.07) is 4.46. The highest BCUT2D eigenvalue weighted by Crippen LogP contribution is 2.65. The fraction of sp³-hybridized carbons (Fsp3) is 0.649. The molecule has 14 nitrogen and oxygen atoms in total. The average Bonchev–Trinajstić information content (AvgIpc) is 3.33. The maximum Gasteiger partial charge on any atom is 0.408 e. The van der Waals surface area contributed by atoms with Crippen molar-refractivity contribution >= 4 is 41.4 Å². The Morgan fingerprint density at radius 1 is 0.941 bits per heavy atom. The van der Waals surface area contributed by atoms with Crippen LogP contribution >= 0.6 is 0 Å². The predicted molar refractivity (Wildman–Crippen MR) is 190 cm³/mol. The summed E-state index contributed by atoms with van der Waals surface area (Å²) >= 11 is 0. The lowest BCUT2D eigenvalue weighted by Crippen LogP contribution is -2.60. The highest BCUT2D eigenvalue weighted by Gasteiger charge is 2.70. The number of likely N-dealkylation sites (tertiary alicyclic amines) is 1. The van der Waals surface area contributed by atoms with Crippen LogP contribution in [-0.2, 0) is 33.5 Å². The van der Waals surface area contributed by atoms with Crippen LogP contribution in [0.15, 0.2) is 30.3 Å². The Morgan fingerprint density at radius 3 is 2.08 bits per heavy atom. The number of Topliss-reactive ketones (excluding diaryl/α,β-unsaturated/α-hetero) is 1. The summed E-state index contributed by atoms with van der Waals surface area (Å²) in [5.41, 5.74) is -1.21. The molecule has 1 heterocycles. The summed E-state index contributed by atoms with van der Waals surface area (Å²) in [5.74, 6) is -4.26. The minimum atomic E-state index is -1.21. The summed E-state index contributed by atoms with van der Waals surface area (Å²) in [5, 5.41) is 10.4. The molecule has 1 aromatic carbocycles. The molecule has 4 N–H and O–H groups in total. The molecular formula is C37H56N6O8. The quantitative estimate of drug-likeness (QED) is 0.225. The highest BCUT2D eigenvalue weighted by atomic mass is 16.6. The third-order valence-electron chi connectivity index (χ3n) is 9.50. The van der Waals surface area contributed by atoms with E-state index in [0.717, 1.165) is 0 Å². The number of fused-ring (bicyclic) bond motifs is 1. The van der Waals surface area contributed by atoms with Crippen LogP contribution in [0.5, 0.6) is 0 Å². The number of amides is 6. The molecule has 0 bridgehead atoms. The summed E-state index contributed by atoms with van der Waals surface area (Å²) in [6.07, 6.45) is -0.164. The van der Waals surface area contributed by atoms with Gasteiger partial charge in [-0.3, -0.25) is 28.8 Å². The molecule has 0 aromatic heterocycles. The Kier molecular flexibility index (Phi) is 12.7. The number of nitrogens with zero attached hydrogens (tertiary/aromatic N) is 2. The molecule has 1 saturated heterocycles. The van der Waals surface area contributed by atoms with E-state index in [-0.39, 0.29) is 29.6 Å². The minimum absolute atomic E-state index is 0.0283. The molecule has 3 rings (SSSR count). The van der Waals surface area contributed by atoms with Gasteiger partial charge in [-0.15, -0.1) is 0 Å². The molecule has 1 aliphatic carbocycles. The second-order valence-electron chi connectivity index (χ2n) is 16.4. The Morgan fingerprint density at radius 2 is 1.55 bits per heavy atom. The number of likely N-dealkylation sites (N-methyl/N-ethyl adjacent to an activating group) is 1. The van der Waals surface area contributed by atoms with Crippen LogP contribution in [-0.4, -0.2) is 102 Å². The largest absolute Gasteiger partial charge is 0.444 e. The Balaban J connectivity index is 1.73. The second kappa shape index (κ2) is 15.8. The molecular weight excluding hydrogens is 656 g/mol. The maximum atomic E-state index is 14.1. The Bertz CT molecular complexity index is 1500. The van der Waals surface area contributed by atoms with E-state index in [4.69, 9.17) is 4.74 Å². The lowest BCUT2D eigenvalue weighted by Gasteiger charge is -2.38. The van der Waals surface area contributed by atoms with Crippen molar-refractivity contribution in [2.24, 2.45) is 22.7 Å². The SMILES string of the molecule is CCCC(NC(=O)[C@@H]1[C@@H]2C(CN1C(=O)[C@@H](NC(=O)OC(C)(C)C)C(C)(C)C)C2(C)C)C(=O)C(=O)NCC(=O)N[C@H](C(=O)N(C)C)c1ccccc1.